The fraction of sp³-hybridized carbons (Fsp3) is 0.625. The molecule has 1 saturated carbocycles. The number of hydrogen-bond acceptors (Lipinski definition) is 6. The molecule has 0 bridgehead atoms. The lowest BCUT2D eigenvalue weighted by Gasteiger charge is -2.26. The van der Waals surface area contributed by atoms with Gasteiger partial charge < -0.3 is 15.0 Å². The fourth-order valence-electron chi connectivity index (χ4n) is 3.69. The largest absolute Gasteiger partial charge is 0.384 e. The summed E-state index contributed by atoms with van der Waals surface area (Å²) >= 11 is 0. The van der Waals surface area contributed by atoms with Crippen molar-refractivity contribution in [1.82, 2.24) is 19.3 Å². The summed E-state index contributed by atoms with van der Waals surface area (Å²) < 4.78 is 35.4. The van der Waals surface area contributed by atoms with Gasteiger partial charge in [0, 0.05) is 30.9 Å². The Morgan fingerprint density at radius 2 is 1.92 bits per heavy atom. The van der Waals surface area contributed by atoms with Crippen LogP contribution in [0.25, 0.3) is 11.2 Å². The number of nitrogens with one attached hydrogen (secondary N) is 1. The molecule has 2 fully saturated rings. The monoisotopic (exact) mass is 365 g/mol. The SMILES string of the molecule is Nc1c(S(=O)(=O)NCC2COC2)c2nccnc2n1C1CCCCC1. The summed E-state index contributed by atoms with van der Waals surface area (Å²) in [6.45, 7) is 1.52. The molecule has 4 rings (SSSR count). The number of hydrogen-bond donors (Lipinski definition) is 2. The van der Waals surface area contributed by atoms with Crippen molar-refractivity contribution in [3.8, 4) is 0 Å². The van der Waals surface area contributed by atoms with E-state index in [0.717, 1.165) is 25.7 Å². The zero-order valence-corrected chi connectivity index (χ0v) is 14.8. The van der Waals surface area contributed by atoms with Gasteiger partial charge in [-0.2, -0.15) is 0 Å². The lowest BCUT2D eigenvalue weighted by Crippen LogP contribution is -2.39. The van der Waals surface area contributed by atoms with E-state index in [1.807, 2.05) is 4.57 Å². The number of nitrogens with two attached hydrogens (primary N) is 1. The van der Waals surface area contributed by atoms with Gasteiger partial charge in [0.15, 0.2) is 10.5 Å². The lowest BCUT2D eigenvalue weighted by atomic mass is 9.95. The van der Waals surface area contributed by atoms with Crippen molar-refractivity contribution in [3.63, 3.8) is 0 Å². The van der Waals surface area contributed by atoms with Crippen LogP contribution in [0.5, 0.6) is 0 Å². The molecule has 136 valence electrons. The molecule has 0 amide bonds. The highest BCUT2D eigenvalue weighted by molar-refractivity contribution is 7.89. The molecule has 1 saturated heterocycles. The van der Waals surface area contributed by atoms with Crippen molar-refractivity contribution >= 4 is 27.0 Å². The van der Waals surface area contributed by atoms with Crippen LogP contribution in [0, 0.1) is 5.92 Å². The number of aromatic nitrogens is 3. The van der Waals surface area contributed by atoms with Crippen molar-refractivity contribution in [1.29, 1.82) is 0 Å². The third kappa shape index (κ3) is 3.00. The summed E-state index contributed by atoms with van der Waals surface area (Å²) in [4.78, 5) is 8.72. The van der Waals surface area contributed by atoms with E-state index in [4.69, 9.17) is 10.5 Å². The molecule has 2 aromatic heterocycles. The Kier molecular flexibility index (Phi) is 4.38. The van der Waals surface area contributed by atoms with Crippen molar-refractivity contribution in [2.75, 3.05) is 25.5 Å². The second-order valence-corrected chi connectivity index (χ2v) is 8.56. The molecule has 2 aliphatic rings. The van der Waals surface area contributed by atoms with Crippen LogP contribution in [0.4, 0.5) is 5.82 Å². The minimum absolute atomic E-state index is 0.0569. The normalized spacial score (nSPS) is 20.0. The second kappa shape index (κ2) is 6.54. The van der Waals surface area contributed by atoms with Crippen molar-refractivity contribution in [3.05, 3.63) is 12.4 Å². The minimum Gasteiger partial charge on any atom is -0.384 e. The zero-order chi connectivity index (χ0) is 17.4. The molecule has 1 aliphatic heterocycles. The van der Waals surface area contributed by atoms with E-state index in [1.165, 1.54) is 12.6 Å². The molecule has 9 heteroatoms. The van der Waals surface area contributed by atoms with Gasteiger partial charge in [-0.25, -0.2) is 23.1 Å². The van der Waals surface area contributed by atoms with Gasteiger partial charge in [0.1, 0.15) is 11.3 Å². The third-order valence-corrected chi connectivity index (χ3v) is 6.58. The predicted octanol–water partition coefficient (Wildman–Crippen LogP) is 1.44. The van der Waals surface area contributed by atoms with Crippen LogP contribution in [-0.2, 0) is 14.8 Å². The summed E-state index contributed by atoms with van der Waals surface area (Å²) in [6, 6.07) is 0.178. The Morgan fingerprint density at radius 1 is 1.20 bits per heavy atom. The molecule has 3 N–H and O–H groups in total. The predicted molar refractivity (Wildman–Crippen MR) is 93.6 cm³/mol. The highest BCUT2D eigenvalue weighted by Crippen LogP contribution is 2.37. The van der Waals surface area contributed by atoms with E-state index in [1.54, 1.807) is 6.20 Å². The maximum Gasteiger partial charge on any atom is 0.246 e. The van der Waals surface area contributed by atoms with E-state index in [9.17, 15) is 8.42 Å². The van der Waals surface area contributed by atoms with Gasteiger partial charge in [0.2, 0.25) is 10.0 Å². The van der Waals surface area contributed by atoms with Gasteiger partial charge in [-0.1, -0.05) is 19.3 Å². The third-order valence-electron chi connectivity index (χ3n) is 5.09. The number of nitrogen functional groups attached to an aromatic ring is 1. The van der Waals surface area contributed by atoms with Crippen LogP contribution in [0.2, 0.25) is 0 Å². The molecular weight excluding hydrogens is 342 g/mol. The van der Waals surface area contributed by atoms with E-state index >= 15 is 0 Å². The van der Waals surface area contributed by atoms with E-state index < -0.39 is 10.0 Å². The first-order valence-corrected chi connectivity index (χ1v) is 10.2. The summed E-state index contributed by atoms with van der Waals surface area (Å²) in [5.41, 5.74) is 7.23. The molecule has 0 spiro atoms. The number of fused-ring (bicyclic) bond motifs is 1. The highest BCUT2D eigenvalue weighted by atomic mass is 32.2. The van der Waals surface area contributed by atoms with Crippen LogP contribution in [0.15, 0.2) is 17.3 Å². The summed E-state index contributed by atoms with van der Waals surface area (Å²) in [7, 11) is -3.76. The number of rotatable bonds is 5. The second-order valence-electron chi connectivity index (χ2n) is 6.86. The topological polar surface area (TPSA) is 112 Å². The van der Waals surface area contributed by atoms with Gasteiger partial charge in [-0.05, 0) is 12.8 Å². The summed E-state index contributed by atoms with van der Waals surface area (Å²) in [5.74, 6) is 0.458. The number of anilines is 1. The maximum atomic E-state index is 12.9. The Balaban J connectivity index is 1.76. The van der Waals surface area contributed by atoms with Crippen LogP contribution in [0.1, 0.15) is 38.1 Å². The molecule has 3 heterocycles. The Morgan fingerprint density at radius 3 is 2.60 bits per heavy atom. The number of nitrogens with zero attached hydrogens (tertiary/aromatic N) is 3. The van der Waals surface area contributed by atoms with Crippen LogP contribution >= 0.6 is 0 Å². The highest BCUT2D eigenvalue weighted by Gasteiger charge is 2.32. The molecule has 0 radical (unpaired) electrons. The van der Waals surface area contributed by atoms with Crippen LogP contribution < -0.4 is 10.5 Å². The Labute approximate surface area is 146 Å². The smallest absolute Gasteiger partial charge is 0.246 e. The van der Waals surface area contributed by atoms with E-state index in [2.05, 4.69) is 14.7 Å². The van der Waals surface area contributed by atoms with Crippen LogP contribution in [0.3, 0.4) is 0 Å². The molecule has 25 heavy (non-hydrogen) atoms. The molecule has 0 atom stereocenters. The van der Waals surface area contributed by atoms with Crippen molar-refractivity contribution in [2.45, 2.75) is 43.0 Å². The van der Waals surface area contributed by atoms with Gasteiger partial charge in [-0.15, -0.1) is 0 Å². The van der Waals surface area contributed by atoms with Crippen LogP contribution in [-0.4, -0.2) is 42.7 Å². The molecule has 2 aromatic rings. The first kappa shape index (κ1) is 16.7. The lowest BCUT2D eigenvalue weighted by molar-refractivity contribution is -0.0283. The first-order valence-electron chi connectivity index (χ1n) is 8.75. The average molecular weight is 365 g/mol. The van der Waals surface area contributed by atoms with E-state index in [0.29, 0.717) is 30.9 Å². The van der Waals surface area contributed by atoms with Crippen molar-refractivity contribution in [2.24, 2.45) is 5.92 Å². The minimum atomic E-state index is -3.76. The maximum absolute atomic E-state index is 12.9. The Hall–Kier alpha value is -1.71. The number of ether oxygens (including phenoxy) is 1. The van der Waals surface area contributed by atoms with E-state index in [-0.39, 0.29) is 22.7 Å². The summed E-state index contributed by atoms with van der Waals surface area (Å²) in [5, 5.41) is 0. The molecule has 1 aliphatic carbocycles. The van der Waals surface area contributed by atoms with Gasteiger partial charge in [0.05, 0.1) is 13.2 Å². The van der Waals surface area contributed by atoms with Gasteiger partial charge in [0.25, 0.3) is 0 Å². The zero-order valence-electron chi connectivity index (χ0n) is 14.0. The Bertz CT molecular complexity index is 869. The summed E-state index contributed by atoms with van der Waals surface area (Å²) in [6.07, 6.45) is 8.49. The molecule has 8 nitrogen and oxygen atoms in total. The average Bonchev–Trinajstić information content (AvgIpc) is 2.86. The van der Waals surface area contributed by atoms with Crippen molar-refractivity contribution < 1.29 is 13.2 Å². The van der Waals surface area contributed by atoms with Gasteiger partial charge >= 0.3 is 0 Å². The quantitative estimate of drug-likeness (QED) is 0.829. The fourth-order valence-corrected chi connectivity index (χ4v) is 5.06. The van der Waals surface area contributed by atoms with Gasteiger partial charge in [-0.3, -0.25) is 0 Å². The molecule has 0 unspecified atom stereocenters. The molecule has 0 aromatic carbocycles. The first-order chi connectivity index (χ1) is 12.1. The number of sulfonamides is 1. The standard InChI is InChI=1S/C16H23N5O3S/c17-15-14(25(22,23)20-8-11-9-24-10-11)13-16(19-7-6-18-13)21(15)12-4-2-1-3-5-12/h6-7,11-12,20H,1-5,8-10,17H2. The molecular formula is C16H23N5O3S.